The first-order valence-electron chi connectivity index (χ1n) is 4.62. The van der Waals surface area contributed by atoms with E-state index in [2.05, 4.69) is 24.7 Å². The van der Waals surface area contributed by atoms with E-state index in [1.54, 1.807) is 0 Å². The van der Waals surface area contributed by atoms with Crippen molar-refractivity contribution in [1.82, 2.24) is 5.32 Å². The Kier molecular flexibility index (Phi) is 7.84. The lowest BCUT2D eigenvalue weighted by Gasteiger charge is -2.14. The van der Waals surface area contributed by atoms with Crippen LogP contribution in [0.1, 0.15) is 32.6 Å². The van der Waals surface area contributed by atoms with Crippen LogP contribution in [0.4, 0.5) is 0 Å². The Morgan fingerprint density at radius 1 is 1.67 bits per heavy atom. The largest absolute Gasteiger partial charge is 0.314 e. The lowest BCUT2D eigenvalue weighted by Crippen LogP contribution is -2.29. The monoisotopic (exact) mass is 165 g/mol. The third kappa shape index (κ3) is 6.00. The van der Waals surface area contributed by atoms with Crippen LogP contribution in [0.15, 0.2) is 12.7 Å². The summed E-state index contributed by atoms with van der Waals surface area (Å²) >= 11 is 0. The van der Waals surface area contributed by atoms with Gasteiger partial charge in [-0.2, -0.15) is 0 Å². The van der Waals surface area contributed by atoms with Crippen LogP contribution in [0.25, 0.3) is 0 Å². The molecule has 0 aliphatic rings. The molecule has 0 saturated heterocycles. The summed E-state index contributed by atoms with van der Waals surface area (Å²) < 4.78 is 0. The molecule has 1 atom stereocenters. The molecule has 68 valence electrons. The zero-order valence-corrected chi connectivity index (χ0v) is 7.97. The molecule has 0 radical (unpaired) electrons. The quantitative estimate of drug-likeness (QED) is 0.451. The average Bonchev–Trinajstić information content (AvgIpc) is 2.10. The zero-order chi connectivity index (χ0) is 9.23. The summed E-state index contributed by atoms with van der Waals surface area (Å²) in [4.78, 5) is 0. The Hall–Kier alpha value is -0.740. The Labute approximate surface area is 76.2 Å². The fourth-order valence-electron chi connectivity index (χ4n) is 1.11. The highest BCUT2D eigenvalue weighted by Gasteiger charge is 2.02. The summed E-state index contributed by atoms with van der Waals surface area (Å²) in [5.41, 5.74) is 0. The van der Waals surface area contributed by atoms with Gasteiger partial charge >= 0.3 is 0 Å². The van der Waals surface area contributed by atoms with E-state index < -0.39 is 0 Å². The molecular formula is C11H19N. The van der Waals surface area contributed by atoms with Gasteiger partial charge < -0.3 is 5.32 Å². The standard InChI is InChI=1S/C11H19N/c1-4-7-9-11(8-5-2)12-10-6-3/h1,5,11-12H,2,6-10H2,3H3. The summed E-state index contributed by atoms with van der Waals surface area (Å²) in [6, 6.07) is 0.526. The molecule has 0 aromatic rings. The fourth-order valence-corrected chi connectivity index (χ4v) is 1.11. The summed E-state index contributed by atoms with van der Waals surface area (Å²) in [6.07, 6.45) is 11.2. The van der Waals surface area contributed by atoms with Crippen LogP contribution < -0.4 is 5.32 Å². The van der Waals surface area contributed by atoms with Crippen molar-refractivity contribution in [3.63, 3.8) is 0 Å². The van der Waals surface area contributed by atoms with E-state index >= 15 is 0 Å². The van der Waals surface area contributed by atoms with Gasteiger partial charge in [0.15, 0.2) is 0 Å². The molecule has 1 nitrogen and oxygen atoms in total. The third-order valence-corrected chi connectivity index (χ3v) is 1.77. The molecule has 0 aliphatic carbocycles. The number of terminal acetylenes is 1. The highest BCUT2D eigenvalue weighted by atomic mass is 14.9. The summed E-state index contributed by atoms with van der Waals surface area (Å²) in [5, 5.41) is 3.44. The van der Waals surface area contributed by atoms with Crippen LogP contribution in [0, 0.1) is 12.3 Å². The molecule has 0 amide bonds. The van der Waals surface area contributed by atoms with Gasteiger partial charge in [-0.3, -0.25) is 0 Å². The fraction of sp³-hybridized carbons (Fsp3) is 0.636. The van der Waals surface area contributed by atoms with Gasteiger partial charge in [-0.1, -0.05) is 13.0 Å². The van der Waals surface area contributed by atoms with E-state index in [9.17, 15) is 0 Å². The molecule has 0 fully saturated rings. The highest BCUT2D eigenvalue weighted by Crippen LogP contribution is 2.01. The second-order valence-electron chi connectivity index (χ2n) is 2.92. The lowest BCUT2D eigenvalue weighted by atomic mass is 10.1. The Bertz CT molecular complexity index is 144. The first kappa shape index (κ1) is 11.3. The van der Waals surface area contributed by atoms with E-state index in [-0.39, 0.29) is 0 Å². The minimum atomic E-state index is 0.526. The number of hydrogen-bond acceptors (Lipinski definition) is 1. The maximum Gasteiger partial charge on any atom is 0.0110 e. The second kappa shape index (κ2) is 8.36. The van der Waals surface area contributed by atoms with Crippen molar-refractivity contribution in [2.45, 2.75) is 38.6 Å². The minimum Gasteiger partial charge on any atom is -0.314 e. The second-order valence-corrected chi connectivity index (χ2v) is 2.92. The van der Waals surface area contributed by atoms with Crippen LogP contribution in [-0.2, 0) is 0 Å². The Balaban J connectivity index is 3.55. The maximum atomic E-state index is 5.20. The van der Waals surface area contributed by atoms with Crippen molar-refractivity contribution in [3.8, 4) is 12.3 Å². The topological polar surface area (TPSA) is 12.0 Å². The molecule has 0 saturated carbocycles. The molecule has 0 rings (SSSR count). The molecule has 0 spiro atoms. The van der Waals surface area contributed by atoms with Crippen molar-refractivity contribution < 1.29 is 0 Å². The normalized spacial score (nSPS) is 12.0. The summed E-state index contributed by atoms with van der Waals surface area (Å²) in [6.45, 7) is 6.96. The minimum absolute atomic E-state index is 0.526. The van der Waals surface area contributed by atoms with Gasteiger partial charge in [0.1, 0.15) is 0 Å². The van der Waals surface area contributed by atoms with Gasteiger partial charge in [0, 0.05) is 12.5 Å². The molecule has 1 N–H and O–H groups in total. The van der Waals surface area contributed by atoms with Crippen LogP contribution in [0.2, 0.25) is 0 Å². The smallest absolute Gasteiger partial charge is 0.0110 e. The Morgan fingerprint density at radius 3 is 2.92 bits per heavy atom. The predicted molar refractivity (Wildman–Crippen MR) is 55.0 cm³/mol. The van der Waals surface area contributed by atoms with E-state index in [0.717, 1.165) is 25.8 Å². The summed E-state index contributed by atoms with van der Waals surface area (Å²) in [5.74, 6) is 2.66. The zero-order valence-electron chi connectivity index (χ0n) is 7.97. The van der Waals surface area contributed by atoms with Crippen LogP contribution >= 0.6 is 0 Å². The van der Waals surface area contributed by atoms with Gasteiger partial charge in [0.05, 0.1) is 0 Å². The maximum absolute atomic E-state index is 5.20. The number of nitrogens with one attached hydrogen (secondary N) is 1. The first-order valence-corrected chi connectivity index (χ1v) is 4.62. The van der Waals surface area contributed by atoms with Crippen molar-refractivity contribution in [2.75, 3.05) is 6.54 Å². The average molecular weight is 165 g/mol. The van der Waals surface area contributed by atoms with E-state index in [0.29, 0.717) is 6.04 Å². The molecule has 0 bridgehead atoms. The molecule has 0 aromatic carbocycles. The molecular weight excluding hydrogens is 146 g/mol. The van der Waals surface area contributed by atoms with Crippen molar-refractivity contribution in [1.29, 1.82) is 0 Å². The molecule has 12 heavy (non-hydrogen) atoms. The van der Waals surface area contributed by atoms with Gasteiger partial charge in [-0.05, 0) is 25.8 Å². The van der Waals surface area contributed by atoms with Gasteiger partial charge in [-0.25, -0.2) is 0 Å². The molecule has 0 heterocycles. The third-order valence-electron chi connectivity index (χ3n) is 1.77. The highest BCUT2D eigenvalue weighted by molar-refractivity contribution is 4.87. The van der Waals surface area contributed by atoms with Crippen molar-refractivity contribution in [2.24, 2.45) is 0 Å². The lowest BCUT2D eigenvalue weighted by molar-refractivity contribution is 0.490. The van der Waals surface area contributed by atoms with Crippen molar-refractivity contribution >= 4 is 0 Å². The Morgan fingerprint density at radius 2 is 2.42 bits per heavy atom. The molecule has 0 aromatic heterocycles. The van der Waals surface area contributed by atoms with Gasteiger partial charge in [-0.15, -0.1) is 18.9 Å². The summed E-state index contributed by atoms with van der Waals surface area (Å²) in [7, 11) is 0. The molecule has 1 heteroatoms. The van der Waals surface area contributed by atoms with E-state index in [4.69, 9.17) is 6.42 Å². The van der Waals surface area contributed by atoms with Crippen LogP contribution in [-0.4, -0.2) is 12.6 Å². The van der Waals surface area contributed by atoms with E-state index in [1.165, 1.54) is 6.42 Å². The van der Waals surface area contributed by atoms with Crippen molar-refractivity contribution in [3.05, 3.63) is 12.7 Å². The van der Waals surface area contributed by atoms with E-state index in [1.807, 2.05) is 6.08 Å². The number of rotatable bonds is 7. The predicted octanol–water partition coefficient (Wildman–Crippen LogP) is 2.34. The first-order chi connectivity index (χ1) is 5.85. The van der Waals surface area contributed by atoms with Crippen LogP contribution in [0.3, 0.4) is 0 Å². The van der Waals surface area contributed by atoms with Crippen LogP contribution in [0.5, 0.6) is 0 Å². The SMILES string of the molecule is C#CCCC(CC=C)NCCC. The van der Waals surface area contributed by atoms with Gasteiger partial charge in [0.2, 0.25) is 0 Å². The molecule has 0 aliphatic heterocycles. The van der Waals surface area contributed by atoms with Gasteiger partial charge in [0.25, 0.3) is 0 Å². The molecule has 1 unspecified atom stereocenters. The number of hydrogen-bond donors (Lipinski definition) is 1.